The molecule has 0 radical (unpaired) electrons. The van der Waals surface area contributed by atoms with Crippen molar-refractivity contribution >= 4 is 64.2 Å². The van der Waals surface area contributed by atoms with Crippen molar-refractivity contribution in [1.29, 1.82) is 0 Å². The summed E-state index contributed by atoms with van der Waals surface area (Å²) in [5.41, 5.74) is 9.72. The molecule has 0 spiro atoms. The SMILES string of the molecule is CO[C@@H]1/C=C/C=C(\C)Cc2cc(C)c(Cl)c(c2)N(C)C(=O)C[C@H](OC(=O)[C@H](C)N(C)C(=O)CCC(N)C(=O)CCCOCCOCCOCCOCCC(=O)CCC(=O)N2Cc3ccccc3C#Cc3ccccc32)[C@]2(C)O[C@H]2[C@H](C)[C@@H]2C[C@@]1(O)CC(=O)O2. The number of epoxide rings is 1. The number of ketones is 2. The Morgan fingerprint density at radius 1 is 0.865 bits per heavy atom. The zero-order valence-electron chi connectivity index (χ0n) is 52.6. The molecule has 3 aromatic carbocycles. The van der Waals surface area contributed by atoms with E-state index < -0.39 is 77.4 Å². The number of hydrogen-bond acceptors (Lipinski definition) is 17. The highest BCUT2D eigenvalue weighted by Crippen LogP contribution is 2.50. The van der Waals surface area contributed by atoms with Gasteiger partial charge >= 0.3 is 11.9 Å². The molecule has 21 heteroatoms. The van der Waals surface area contributed by atoms with Crippen LogP contribution in [0.1, 0.15) is 120 Å². The van der Waals surface area contributed by atoms with E-state index in [1.807, 2.05) is 80.6 Å². The molecular weight excluding hydrogens is 1160 g/mol. The number of likely N-dealkylation sites (N-methyl/N-ethyl adjacent to an activating group) is 1. The lowest BCUT2D eigenvalue weighted by Crippen LogP contribution is -2.53. The van der Waals surface area contributed by atoms with Crippen molar-refractivity contribution in [2.45, 2.75) is 159 Å². The number of aryl methyl sites for hydroxylation is 1. The molecule has 2 fully saturated rings. The van der Waals surface area contributed by atoms with Crippen molar-refractivity contribution in [2.75, 3.05) is 83.9 Å². The molecule has 482 valence electrons. The monoisotopic (exact) mass is 1250 g/mol. The fraction of sp³-hybridized carbons (Fsp3) is 0.544. The van der Waals surface area contributed by atoms with E-state index in [0.29, 0.717) is 76.3 Å². The first-order valence-corrected chi connectivity index (χ1v) is 31.0. The molecule has 89 heavy (non-hydrogen) atoms. The number of nitrogens with two attached hydrogens (primary N) is 1. The van der Waals surface area contributed by atoms with Gasteiger partial charge in [-0.1, -0.05) is 90.6 Å². The number of aliphatic hydroxyl groups is 1. The fourth-order valence-electron chi connectivity index (χ4n) is 11.3. The summed E-state index contributed by atoms with van der Waals surface area (Å²) in [6, 6.07) is 17.0. The standard InChI is InChI=1S/C68H87ClN4O16/c1-44-15-13-21-58(82-8)68(81)41-57(87-63(79)42-68)46(3)65-67(5,89-65)59(40-62(78)72(7)55-39-48(37-44)38-45(2)64(55)69)88-66(80)47(4)71(6)60(76)27-25-53(70)56(75)20-14-29-83-31-33-85-35-36-86-34-32-84-30-28-52(74)24-26-61(77)73-43-51-18-10-9-16-49(51)22-23-50-17-11-12-19-54(50)73/h9-13,15-19,21,38-39,46-47,53,57-59,65,81H,14,20,24-37,40-43,70H2,1-8H3/b21-13+,44-15+/t46-,47+,53?,57+,58-,59+,65+,67+,68-/m1/s1. The Balaban J connectivity index is 0.775. The number of fused-ring (bicyclic) bond motifs is 7. The van der Waals surface area contributed by atoms with Crippen LogP contribution in [0.3, 0.4) is 0 Å². The molecule has 20 nitrogen and oxygen atoms in total. The quantitative estimate of drug-likeness (QED) is 0.0329. The smallest absolute Gasteiger partial charge is 0.328 e. The number of esters is 2. The Bertz CT molecular complexity index is 3140. The fourth-order valence-corrected chi connectivity index (χ4v) is 11.6. The molecule has 7 rings (SSSR count). The number of carbonyl (C=O) groups excluding carboxylic acids is 7. The average molecular weight is 1250 g/mol. The van der Waals surface area contributed by atoms with E-state index in [1.54, 1.807) is 37.9 Å². The molecule has 0 saturated carbocycles. The van der Waals surface area contributed by atoms with Gasteiger partial charge < -0.3 is 63.4 Å². The summed E-state index contributed by atoms with van der Waals surface area (Å²) in [5.74, 6) is 3.10. The van der Waals surface area contributed by atoms with Crippen LogP contribution in [-0.2, 0) is 84.4 Å². The highest BCUT2D eigenvalue weighted by Gasteiger charge is 2.64. The predicted molar refractivity (Wildman–Crippen MR) is 334 cm³/mol. The van der Waals surface area contributed by atoms with Gasteiger partial charge in [-0.3, -0.25) is 28.8 Å². The van der Waals surface area contributed by atoms with Crippen LogP contribution in [0.5, 0.6) is 0 Å². The Morgan fingerprint density at radius 3 is 2.22 bits per heavy atom. The zero-order valence-corrected chi connectivity index (χ0v) is 53.3. The van der Waals surface area contributed by atoms with Crippen molar-refractivity contribution in [3.05, 3.63) is 117 Å². The number of ether oxygens (including phenoxy) is 8. The third-order valence-electron chi connectivity index (χ3n) is 17.0. The van der Waals surface area contributed by atoms with Crippen LogP contribution < -0.4 is 15.5 Å². The minimum absolute atomic E-state index is 0.0214. The highest BCUT2D eigenvalue weighted by molar-refractivity contribution is 6.34. The molecule has 3 aromatic rings. The van der Waals surface area contributed by atoms with Gasteiger partial charge in [0.2, 0.25) is 17.7 Å². The second-order valence-corrected chi connectivity index (χ2v) is 24.1. The van der Waals surface area contributed by atoms with Gasteiger partial charge in [-0.05, 0) is 87.9 Å². The maximum atomic E-state index is 14.3. The summed E-state index contributed by atoms with van der Waals surface area (Å²) in [6.07, 6.45) is 2.54. The van der Waals surface area contributed by atoms with E-state index >= 15 is 0 Å². The predicted octanol–water partition coefficient (Wildman–Crippen LogP) is 7.27. The number of anilines is 2. The summed E-state index contributed by atoms with van der Waals surface area (Å²) in [6.45, 7) is 11.6. The topological polar surface area (TPSA) is 253 Å². The number of nitrogens with zero attached hydrogens (tertiary/aromatic N) is 3. The minimum atomic E-state index is -1.62. The molecule has 0 aliphatic carbocycles. The second kappa shape index (κ2) is 32.9. The summed E-state index contributed by atoms with van der Waals surface area (Å²) in [7, 11) is 4.50. The number of halogens is 1. The van der Waals surface area contributed by atoms with Crippen molar-refractivity contribution in [3.63, 3.8) is 0 Å². The van der Waals surface area contributed by atoms with Gasteiger partial charge in [0.25, 0.3) is 0 Å². The molecule has 0 aromatic heterocycles. The number of allylic oxidation sites excluding steroid dienone is 3. The largest absolute Gasteiger partial charge is 0.462 e. The summed E-state index contributed by atoms with van der Waals surface area (Å²) in [5, 5.41) is 12.3. The number of hydrogen-bond donors (Lipinski definition) is 2. The maximum Gasteiger partial charge on any atom is 0.328 e. The molecule has 4 aliphatic rings. The van der Waals surface area contributed by atoms with Crippen LogP contribution in [0, 0.1) is 24.7 Å². The van der Waals surface area contributed by atoms with Crippen molar-refractivity contribution in [3.8, 4) is 11.8 Å². The number of para-hydroxylation sites is 1. The Kier molecular flexibility index (Phi) is 25.8. The summed E-state index contributed by atoms with van der Waals surface area (Å²) < 4.78 is 46.4. The number of rotatable bonds is 27. The first-order chi connectivity index (χ1) is 42.5. The van der Waals surface area contributed by atoms with Crippen molar-refractivity contribution < 1.29 is 76.6 Å². The Morgan fingerprint density at radius 2 is 1.52 bits per heavy atom. The van der Waals surface area contributed by atoms with Crippen molar-refractivity contribution in [2.24, 2.45) is 11.7 Å². The molecule has 9 atom stereocenters. The van der Waals surface area contributed by atoms with E-state index in [9.17, 15) is 38.7 Å². The molecular formula is C68H87ClN4O16. The molecule has 4 heterocycles. The van der Waals surface area contributed by atoms with Gasteiger partial charge in [0, 0.05) is 83.4 Å². The zero-order chi connectivity index (χ0) is 64.4. The highest BCUT2D eigenvalue weighted by atomic mass is 35.5. The lowest BCUT2D eigenvalue weighted by atomic mass is 9.78. The van der Waals surface area contributed by atoms with Gasteiger partial charge in [0.05, 0.1) is 94.2 Å². The van der Waals surface area contributed by atoms with E-state index in [0.717, 1.165) is 39.1 Å². The number of amides is 3. The normalized spacial score (nSPS) is 24.1. The summed E-state index contributed by atoms with van der Waals surface area (Å²) >= 11 is 6.84. The van der Waals surface area contributed by atoms with Crippen LogP contribution >= 0.6 is 11.6 Å². The third-order valence-corrected chi connectivity index (χ3v) is 17.5. The van der Waals surface area contributed by atoms with E-state index in [-0.39, 0.29) is 81.9 Å². The van der Waals surface area contributed by atoms with E-state index in [2.05, 4.69) is 11.8 Å². The molecule has 2 saturated heterocycles. The lowest BCUT2D eigenvalue weighted by Gasteiger charge is -2.41. The van der Waals surface area contributed by atoms with Crippen molar-refractivity contribution in [1.82, 2.24) is 4.90 Å². The maximum absolute atomic E-state index is 14.3. The first kappa shape index (κ1) is 69.8. The van der Waals surface area contributed by atoms with Gasteiger partial charge in [-0.2, -0.15) is 0 Å². The van der Waals surface area contributed by atoms with Gasteiger partial charge in [0.15, 0.2) is 0 Å². The third kappa shape index (κ3) is 19.2. The van der Waals surface area contributed by atoms with Gasteiger partial charge in [0.1, 0.15) is 47.1 Å². The lowest BCUT2D eigenvalue weighted by molar-refractivity contribution is -0.187. The van der Waals surface area contributed by atoms with Gasteiger partial charge in [-0.25, -0.2) is 4.79 Å². The van der Waals surface area contributed by atoms with Crippen LogP contribution in [-0.4, -0.2) is 173 Å². The second-order valence-electron chi connectivity index (χ2n) is 23.7. The first-order valence-electron chi connectivity index (χ1n) is 30.6. The Labute approximate surface area is 527 Å². The number of Topliss-reactive ketones (excluding diaryl/α,β-unsaturated/α-hetero) is 2. The molecule has 4 bridgehead atoms. The molecule has 1 unspecified atom stereocenters. The average Bonchev–Trinajstić information content (AvgIpc) is 1.64. The van der Waals surface area contributed by atoms with Crippen LogP contribution in [0.25, 0.3) is 0 Å². The van der Waals surface area contributed by atoms with Gasteiger partial charge in [-0.15, -0.1) is 0 Å². The minimum Gasteiger partial charge on any atom is -0.462 e. The summed E-state index contributed by atoms with van der Waals surface area (Å²) in [4.78, 5) is 98.5. The van der Waals surface area contributed by atoms with E-state index in [1.165, 1.54) is 30.9 Å². The van der Waals surface area contributed by atoms with Crippen LogP contribution in [0.2, 0.25) is 5.02 Å². The van der Waals surface area contributed by atoms with E-state index in [4.69, 9.17) is 55.2 Å². The number of benzene rings is 3. The molecule has 3 amide bonds. The molecule has 4 aliphatic heterocycles. The van der Waals surface area contributed by atoms with Crippen LogP contribution in [0.4, 0.5) is 11.4 Å². The Hall–Kier alpha value is -6.64. The number of carbonyl (C=O) groups is 7. The van der Waals surface area contributed by atoms with Crippen LogP contribution in [0.15, 0.2) is 84.5 Å². The molecule has 3 N–H and O–H groups in total. The number of methoxy groups -OCH3 is 1.